The van der Waals surface area contributed by atoms with Crippen LogP contribution in [0.4, 0.5) is 0 Å². The molecule has 1 amide bonds. The van der Waals surface area contributed by atoms with Gasteiger partial charge in [0, 0.05) is 6.04 Å². The van der Waals surface area contributed by atoms with Crippen LogP contribution in [0.5, 0.6) is 0 Å². The van der Waals surface area contributed by atoms with Crippen molar-refractivity contribution in [3.8, 4) is 0 Å². The summed E-state index contributed by atoms with van der Waals surface area (Å²) in [6.45, 7) is 11.6. The molecule has 43 heavy (non-hydrogen) atoms. The van der Waals surface area contributed by atoms with Gasteiger partial charge in [-0.2, -0.15) is 0 Å². The van der Waals surface area contributed by atoms with Crippen molar-refractivity contribution in [3.05, 3.63) is 0 Å². The van der Waals surface area contributed by atoms with E-state index in [1.54, 1.807) is 0 Å². The first-order valence-electron chi connectivity index (χ1n) is 17.6. The molecule has 0 bridgehead atoms. The second kappa shape index (κ2) is 13.5. The minimum Gasteiger partial charge on any atom is -0.394 e. The number of aliphatic hydroxyl groups is 4. The Hall–Kier alpha value is -0.770. The lowest BCUT2D eigenvalue weighted by Gasteiger charge is -2.61. The first-order valence-corrected chi connectivity index (χ1v) is 17.6. The van der Waals surface area contributed by atoms with Crippen LogP contribution in [0.1, 0.15) is 112 Å². The minimum absolute atomic E-state index is 0.108. The zero-order valence-corrected chi connectivity index (χ0v) is 27.4. The highest BCUT2D eigenvalue weighted by atomic mass is 16.7. The molecule has 1 unspecified atom stereocenters. The van der Waals surface area contributed by atoms with Crippen molar-refractivity contribution in [1.82, 2.24) is 5.32 Å². The van der Waals surface area contributed by atoms with Crippen molar-refractivity contribution >= 4 is 5.91 Å². The highest BCUT2D eigenvalue weighted by molar-refractivity contribution is 5.77. The standard InChI is InChI=1S/C35H61NO7/c1-20(2)7-6-8-21(3)25-11-12-26-24-10-9-22-17-23(13-15-34(22,4)27(24)14-16-35(25,26)5)36-29(38)19-42-33-32(41)31(40)30(39)28(18-37)43-33/h20-28,30-33,37,39-41H,6-19H2,1-5H3,(H,36,38)/t21-,22?,23+,24+,25-,26+,27+,28-,30-,31+,32-,33+,34+,35-/m1/s1. The molecule has 0 aromatic carbocycles. The fraction of sp³-hybridized carbons (Fsp3) is 0.971. The van der Waals surface area contributed by atoms with Crippen molar-refractivity contribution in [2.75, 3.05) is 13.2 Å². The molecule has 4 saturated carbocycles. The summed E-state index contributed by atoms with van der Waals surface area (Å²) in [5.74, 6) is 5.39. The number of aliphatic hydroxyl groups excluding tert-OH is 4. The van der Waals surface area contributed by atoms with Gasteiger partial charge in [0.15, 0.2) is 6.29 Å². The van der Waals surface area contributed by atoms with Crippen LogP contribution in [0, 0.1) is 52.3 Å². The number of nitrogens with one attached hydrogen (secondary N) is 1. The van der Waals surface area contributed by atoms with E-state index in [1.165, 1.54) is 57.8 Å². The van der Waals surface area contributed by atoms with Crippen molar-refractivity contribution in [3.63, 3.8) is 0 Å². The van der Waals surface area contributed by atoms with E-state index >= 15 is 0 Å². The van der Waals surface area contributed by atoms with Crippen LogP contribution in [-0.4, -0.2) is 76.3 Å². The van der Waals surface area contributed by atoms with Crippen LogP contribution < -0.4 is 5.32 Å². The molecule has 5 rings (SSSR count). The fourth-order valence-electron chi connectivity index (χ4n) is 11.0. The first-order chi connectivity index (χ1) is 20.4. The zero-order chi connectivity index (χ0) is 31.1. The van der Waals surface area contributed by atoms with Crippen LogP contribution >= 0.6 is 0 Å². The Kier molecular flexibility index (Phi) is 10.6. The van der Waals surface area contributed by atoms with E-state index in [9.17, 15) is 25.2 Å². The van der Waals surface area contributed by atoms with Gasteiger partial charge in [-0.1, -0.05) is 53.9 Å². The van der Waals surface area contributed by atoms with E-state index in [4.69, 9.17) is 9.47 Å². The van der Waals surface area contributed by atoms with Gasteiger partial charge in [-0.05, 0) is 110 Å². The third-order valence-electron chi connectivity index (χ3n) is 13.5. The number of fused-ring (bicyclic) bond motifs is 5. The molecule has 248 valence electrons. The molecule has 8 nitrogen and oxygen atoms in total. The highest BCUT2D eigenvalue weighted by Crippen LogP contribution is 2.68. The molecular weight excluding hydrogens is 546 g/mol. The Balaban J connectivity index is 1.13. The van der Waals surface area contributed by atoms with Gasteiger partial charge in [-0.3, -0.25) is 4.79 Å². The van der Waals surface area contributed by atoms with Crippen LogP contribution in [0.25, 0.3) is 0 Å². The van der Waals surface area contributed by atoms with E-state index < -0.39 is 37.3 Å². The molecule has 0 aromatic rings. The molecular formula is C35H61NO7. The van der Waals surface area contributed by atoms with Gasteiger partial charge < -0.3 is 35.2 Å². The average molecular weight is 608 g/mol. The summed E-state index contributed by atoms with van der Waals surface area (Å²) >= 11 is 0. The van der Waals surface area contributed by atoms with Crippen LogP contribution in [0.3, 0.4) is 0 Å². The van der Waals surface area contributed by atoms with Gasteiger partial charge in [-0.25, -0.2) is 0 Å². The summed E-state index contributed by atoms with van der Waals surface area (Å²) < 4.78 is 10.9. The van der Waals surface area contributed by atoms with Crippen molar-refractivity contribution in [2.24, 2.45) is 52.3 Å². The smallest absolute Gasteiger partial charge is 0.246 e. The van der Waals surface area contributed by atoms with Gasteiger partial charge in [-0.15, -0.1) is 0 Å². The number of carbonyl (C=O) groups excluding carboxylic acids is 1. The summed E-state index contributed by atoms with van der Waals surface area (Å²) in [5, 5.41) is 42.7. The number of rotatable bonds is 10. The fourth-order valence-corrected chi connectivity index (χ4v) is 11.0. The predicted molar refractivity (Wildman–Crippen MR) is 165 cm³/mol. The van der Waals surface area contributed by atoms with Gasteiger partial charge in [0.05, 0.1) is 6.61 Å². The van der Waals surface area contributed by atoms with Gasteiger partial charge >= 0.3 is 0 Å². The maximum atomic E-state index is 12.8. The van der Waals surface area contributed by atoms with Crippen molar-refractivity contribution in [1.29, 1.82) is 0 Å². The molecule has 4 aliphatic carbocycles. The normalized spacial score (nSPS) is 47.0. The monoisotopic (exact) mass is 607 g/mol. The SMILES string of the molecule is CC(C)CCC[C@@H](C)[C@H]1CC[C@H]2[C@@H]3CCC4C[C@@H](NC(=O)CO[C@H]5O[C@H](CO)[C@@H](O)[C@H](O)[C@H]5O)CC[C@]4(C)[C@H]3CC[C@]12C. The Morgan fingerprint density at radius 1 is 0.907 bits per heavy atom. The quantitative estimate of drug-likeness (QED) is 0.249. The molecule has 0 spiro atoms. The van der Waals surface area contributed by atoms with E-state index in [0.29, 0.717) is 16.7 Å². The molecule has 0 radical (unpaired) electrons. The van der Waals surface area contributed by atoms with Crippen molar-refractivity contribution < 1.29 is 34.7 Å². The lowest BCUT2D eigenvalue weighted by Crippen LogP contribution is -2.59. The average Bonchev–Trinajstić information content (AvgIpc) is 3.33. The zero-order valence-electron chi connectivity index (χ0n) is 27.4. The number of amides is 1. The molecule has 5 aliphatic rings. The minimum atomic E-state index is -1.52. The Morgan fingerprint density at radius 3 is 2.35 bits per heavy atom. The highest BCUT2D eigenvalue weighted by Gasteiger charge is 2.60. The molecule has 14 atom stereocenters. The summed E-state index contributed by atoms with van der Waals surface area (Å²) in [6, 6.07) is 0.108. The van der Waals surface area contributed by atoms with E-state index in [-0.39, 0.29) is 18.6 Å². The third kappa shape index (κ3) is 6.58. The lowest BCUT2D eigenvalue weighted by atomic mass is 9.44. The Morgan fingerprint density at radius 2 is 1.63 bits per heavy atom. The van der Waals surface area contributed by atoms with E-state index in [2.05, 4.69) is 39.9 Å². The van der Waals surface area contributed by atoms with E-state index in [1.807, 2.05) is 0 Å². The second-order valence-corrected chi connectivity index (χ2v) is 16.2. The number of carbonyl (C=O) groups is 1. The summed E-state index contributed by atoms with van der Waals surface area (Å²) in [5.41, 5.74) is 0.854. The molecule has 8 heteroatoms. The Bertz CT molecular complexity index is 945. The molecule has 1 heterocycles. The molecule has 0 aromatic heterocycles. The summed E-state index contributed by atoms with van der Waals surface area (Å²) in [7, 11) is 0. The predicted octanol–water partition coefficient (Wildman–Crippen LogP) is 4.41. The maximum absolute atomic E-state index is 12.8. The molecule has 5 fully saturated rings. The van der Waals surface area contributed by atoms with Gasteiger partial charge in [0.25, 0.3) is 0 Å². The van der Waals surface area contributed by atoms with Crippen LogP contribution in [0.2, 0.25) is 0 Å². The van der Waals surface area contributed by atoms with Gasteiger partial charge in [0.1, 0.15) is 31.0 Å². The molecule has 1 saturated heterocycles. The number of ether oxygens (including phenoxy) is 2. The summed E-state index contributed by atoms with van der Waals surface area (Å²) in [6.07, 6.45) is 8.62. The maximum Gasteiger partial charge on any atom is 0.246 e. The first kappa shape index (κ1) is 33.6. The second-order valence-electron chi connectivity index (χ2n) is 16.2. The summed E-state index contributed by atoms with van der Waals surface area (Å²) in [4.78, 5) is 12.8. The largest absolute Gasteiger partial charge is 0.394 e. The van der Waals surface area contributed by atoms with Crippen LogP contribution in [-0.2, 0) is 14.3 Å². The number of hydrogen-bond acceptors (Lipinski definition) is 7. The molecule has 5 N–H and O–H groups in total. The number of hydrogen-bond donors (Lipinski definition) is 5. The molecule has 1 aliphatic heterocycles. The van der Waals surface area contributed by atoms with E-state index in [0.717, 1.165) is 54.8 Å². The van der Waals surface area contributed by atoms with Gasteiger partial charge in [0.2, 0.25) is 5.91 Å². The third-order valence-corrected chi connectivity index (χ3v) is 13.5. The topological polar surface area (TPSA) is 128 Å². The Labute approximate surface area is 259 Å². The van der Waals surface area contributed by atoms with Crippen LogP contribution in [0.15, 0.2) is 0 Å². The van der Waals surface area contributed by atoms with Crippen molar-refractivity contribution in [2.45, 2.75) is 148 Å². The lowest BCUT2D eigenvalue weighted by molar-refractivity contribution is -0.299.